The van der Waals surface area contributed by atoms with Crippen LogP contribution >= 0.6 is 7.06 Å². The average Bonchev–Trinajstić information content (AvgIpc) is 3.59. The zero-order valence-electron chi connectivity index (χ0n) is 27.6. The van der Waals surface area contributed by atoms with Gasteiger partial charge in [0.1, 0.15) is 0 Å². The van der Waals surface area contributed by atoms with Crippen molar-refractivity contribution in [3.63, 3.8) is 0 Å². The van der Waals surface area contributed by atoms with Crippen LogP contribution in [0.1, 0.15) is 34.0 Å². The molecule has 2 aliphatic rings. The van der Waals surface area contributed by atoms with E-state index >= 15 is 52.7 Å². The summed E-state index contributed by atoms with van der Waals surface area (Å²) in [6.07, 6.45) is -26.3. The van der Waals surface area contributed by atoms with Crippen molar-refractivity contribution >= 4 is 23.4 Å². The van der Waals surface area contributed by atoms with Crippen LogP contribution in [-0.2, 0) is 20.2 Å². The molecule has 2 atom stereocenters. The molecule has 0 aromatic heterocycles. The molecule has 0 saturated carbocycles. The van der Waals surface area contributed by atoms with Gasteiger partial charge in [0.15, 0.2) is 0 Å². The van der Waals surface area contributed by atoms with E-state index in [1.54, 1.807) is 0 Å². The van der Waals surface area contributed by atoms with E-state index in [0.29, 0.717) is 29.3 Å². The summed E-state index contributed by atoms with van der Waals surface area (Å²) in [5.74, 6) is 0. The molecule has 7 rings (SSSR count). The fourth-order valence-corrected chi connectivity index (χ4v) is 14.9. The molecule has 290 valence electrons. The van der Waals surface area contributed by atoms with Crippen molar-refractivity contribution in [1.82, 2.24) is 0 Å². The van der Waals surface area contributed by atoms with E-state index in [1.807, 2.05) is 0 Å². The van der Waals surface area contributed by atoms with Crippen molar-refractivity contribution < 1.29 is 66.9 Å². The first-order valence-corrected chi connectivity index (χ1v) is 18.4. The third-order valence-electron chi connectivity index (χ3n) is 10.1. The van der Waals surface area contributed by atoms with Crippen molar-refractivity contribution in [2.24, 2.45) is 0 Å². The molecule has 0 fully saturated rings. The number of benzene rings is 5. The SMILES string of the molecule is ON(c1ccccc1)[C@H](c1ccccc1)[C@@H](c1ccccc1)P12(OC(C(F)(F)F)(C(F)(F)F)c3ccccc31)OC(C(F)(F)F)(C(F)(F)F)c1ccccc12. The molecule has 2 aliphatic heterocycles. The van der Waals surface area contributed by atoms with Crippen molar-refractivity contribution in [1.29, 1.82) is 0 Å². The van der Waals surface area contributed by atoms with Gasteiger partial charge in [-0.25, -0.2) is 0 Å². The van der Waals surface area contributed by atoms with Gasteiger partial charge in [0.2, 0.25) is 0 Å². The Morgan fingerprint density at radius 2 is 0.782 bits per heavy atom. The molecule has 55 heavy (non-hydrogen) atoms. The second kappa shape index (κ2) is 12.4. The van der Waals surface area contributed by atoms with Crippen LogP contribution in [0.15, 0.2) is 140 Å². The number of anilines is 1. The summed E-state index contributed by atoms with van der Waals surface area (Å²) in [6.45, 7) is 0. The van der Waals surface area contributed by atoms with Crippen molar-refractivity contribution in [2.45, 2.75) is 47.6 Å². The standard InChI is InChI=1S/C38H26F12NO3P/c39-35(40,41)33(36(42,43)44)27-20-10-12-22-29(27)55(53-33,30-23-13-11-21-28(30)34(54-55,37(45,46)47)38(48,49)50)32(25-16-6-2-7-17-25)31(24-14-4-1-5-15-24)51(52)26-18-8-3-9-19-26/h1-23,31-32,52H/t31-,32-/m1/s1. The Labute approximate surface area is 304 Å². The van der Waals surface area contributed by atoms with Crippen LogP contribution in [-0.4, -0.2) is 29.9 Å². The van der Waals surface area contributed by atoms with E-state index in [2.05, 4.69) is 0 Å². The number of hydrogen-bond donors (Lipinski definition) is 1. The number of para-hydroxylation sites is 1. The molecule has 0 saturated heterocycles. The third kappa shape index (κ3) is 5.10. The number of nitrogens with zero attached hydrogens (tertiary/aromatic N) is 1. The quantitative estimate of drug-likeness (QED) is 0.105. The Morgan fingerprint density at radius 1 is 0.455 bits per heavy atom. The third-order valence-corrected chi connectivity index (χ3v) is 15.6. The predicted octanol–water partition coefficient (Wildman–Crippen LogP) is 11.1. The second-order valence-corrected chi connectivity index (χ2v) is 16.9. The zero-order chi connectivity index (χ0) is 39.9. The number of hydroxylamine groups is 1. The Morgan fingerprint density at radius 3 is 1.16 bits per heavy atom. The number of alkyl halides is 12. The van der Waals surface area contributed by atoms with Gasteiger partial charge in [0, 0.05) is 0 Å². The van der Waals surface area contributed by atoms with Gasteiger partial charge in [-0.15, -0.1) is 0 Å². The van der Waals surface area contributed by atoms with E-state index in [1.165, 1.54) is 78.9 Å². The van der Waals surface area contributed by atoms with Gasteiger partial charge in [0.05, 0.1) is 0 Å². The maximum atomic E-state index is 15.7. The summed E-state index contributed by atoms with van der Waals surface area (Å²) in [7, 11) is -7.53. The summed E-state index contributed by atoms with van der Waals surface area (Å²) in [6, 6.07) is 22.3. The van der Waals surface area contributed by atoms with Gasteiger partial charge >= 0.3 is 305 Å². The van der Waals surface area contributed by atoms with Gasteiger partial charge in [-0.05, 0) is 0 Å². The second-order valence-electron chi connectivity index (χ2n) is 13.0. The van der Waals surface area contributed by atoms with Crippen molar-refractivity contribution in [3.8, 4) is 0 Å². The Balaban J connectivity index is 1.80. The molecule has 5 aromatic carbocycles. The molecular weight excluding hydrogens is 777 g/mol. The summed E-state index contributed by atoms with van der Waals surface area (Å²) in [5, 5.41) is 9.92. The Bertz CT molecular complexity index is 2080. The summed E-state index contributed by atoms with van der Waals surface area (Å²) in [4.78, 5) is 0. The molecule has 5 aromatic rings. The molecular formula is C38H26F12NO3P. The average molecular weight is 804 g/mol. The van der Waals surface area contributed by atoms with E-state index in [4.69, 9.17) is 9.05 Å². The first-order chi connectivity index (χ1) is 25.7. The number of fused-ring (bicyclic) bond motifs is 4. The van der Waals surface area contributed by atoms with Gasteiger partial charge in [-0.3, -0.25) is 0 Å². The van der Waals surface area contributed by atoms with E-state index < -0.39 is 82.0 Å². The van der Waals surface area contributed by atoms with Gasteiger partial charge in [-0.1, -0.05) is 0 Å². The number of hydrogen-bond acceptors (Lipinski definition) is 4. The predicted molar refractivity (Wildman–Crippen MR) is 178 cm³/mol. The van der Waals surface area contributed by atoms with Crippen LogP contribution in [0.2, 0.25) is 0 Å². The molecule has 0 aliphatic carbocycles. The van der Waals surface area contributed by atoms with Crippen LogP contribution in [0, 0.1) is 0 Å². The fourth-order valence-electron chi connectivity index (χ4n) is 8.03. The summed E-state index contributed by atoms with van der Waals surface area (Å²) >= 11 is 0. The molecule has 17 heteroatoms. The molecule has 1 N–H and O–H groups in total. The molecule has 2 heterocycles. The van der Waals surface area contributed by atoms with Crippen LogP contribution in [0.5, 0.6) is 0 Å². The number of halogens is 12. The Hall–Kier alpha value is -4.63. The first kappa shape index (κ1) is 38.6. The maximum absolute atomic E-state index is 15.7. The summed E-state index contributed by atoms with van der Waals surface area (Å²) in [5.41, 5.74) is -18.1. The molecule has 0 amide bonds. The monoisotopic (exact) mass is 803 g/mol. The van der Waals surface area contributed by atoms with Crippen LogP contribution < -0.4 is 15.7 Å². The van der Waals surface area contributed by atoms with E-state index in [-0.39, 0.29) is 11.3 Å². The molecule has 0 radical (unpaired) electrons. The molecule has 0 bridgehead atoms. The van der Waals surface area contributed by atoms with Crippen molar-refractivity contribution in [3.05, 3.63) is 162 Å². The molecule has 1 spiro atoms. The van der Waals surface area contributed by atoms with Crippen LogP contribution in [0.4, 0.5) is 58.4 Å². The topological polar surface area (TPSA) is 41.9 Å². The van der Waals surface area contributed by atoms with Gasteiger partial charge < -0.3 is 0 Å². The van der Waals surface area contributed by atoms with Gasteiger partial charge in [0.25, 0.3) is 0 Å². The normalized spacial score (nSPS) is 20.1. The van der Waals surface area contributed by atoms with E-state index in [9.17, 15) is 5.21 Å². The molecule has 0 unspecified atom stereocenters. The van der Waals surface area contributed by atoms with Crippen LogP contribution in [0.25, 0.3) is 0 Å². The first-order valence-electron chi connectivity index (χ1n) is 16.2. The van der Waals surface area contributed by atoms with Gasteiger partial charge in [-0.2, -0.15) is 0 Å². The fraction of sp³-hybridized carbons (Fsp3) is 0.211. The minimum absolute atomic E-state index is 0.156. The molecule has 4 nitrogen and oxygen atoms in total. The Kier molecular flexibility index (Phi) is 8.74. The van der Waals surface area contributed by atoms with E-state index in [0.717, 1.165) is 36.4 Å². The number of rotatable bonds is 6. The zero-order valence-corrected chi connectivity index (χ0v) is 28.5. The van der Waals surface area contributed by atoms with Crippen molar-refractivity contribution in [2.75, 3.05) is 5.06 Å². The summed E-state index contributed by atoms with van der Waals surface area (Å²) < 4.78 is 199. The minimum atomic E-state index is -7.53. The van der Waals surface area contributed by atoms with Crippen LogP contribution in [0.3, 0.4) is 0 Å².